The van der Waals surface area contributed by atoms with Crippen LogP contribution in [0.5, 0.6) is 0 Å². The number of aromatic amines is 1. The molecular formula is C19H12ClN3O5. The highest BCUT2D eigenvalue weighted by Crippen LogP contribution is 2.22. The third-order valence-corrected chi connectivity index (χ3v) is 4.49. The highest BCUT2D eigenvalue weighted by molar-refractivity contribution is 6.31. The van der Waals surface area contributed by atoms with Crippen LogP contribution in [0.25, 0.3) is 10.9 Å². The fourth-order valence-electron chi connectivity index (χ4n) is 2.94. The molecule has 9 heteroatoms. The van der Waals surface area contributed by atoms with E-state index in [0.717, 1.165) is 4.90 Å². The van der Waals surface area contributed by atoms with Gasteiger partial charge in [-0.1, -0.05) is 23.7 Å². The highest BCUT2D eigenvalue weighted by Gasteiger charge is 2.36. The minimum absolute atomic E-state index is 0.121. The van der Waals surface area contributed by atoms with E-state index in [1.165, 1.54) is 18.2 Å². The van der Waals surface area contributed by atoms with Crippen molar-refractivity contribution in [2.75, 3.05) is 6.54 Å². The molecule has 140 valence electrons. The Morgan fingerprint density at radius 3 is 2.43 bits per heavy atom. The average Bonchev–Trinajstić information content (AvgIpc) is 2.91. The van der Waals surface area contributed by atoms with E-state index < -0.39 is 29.9 Å². The Hall–Kier alpha value is -3.52. The van der Waals surface area contributed by atoms with Crippen LogP contribution in [0.1, 0.15) is 26.5 Å². The second-order valence-electron chi connectivity index (χ2n) is 6.08. The van der Waals surface area contributed by atoms with Crippen molar-refractivity contribution >= 4 is 40.3 Å². The van der Waals surface area contributed by atoms with Crippen molar-refractivity contribution < 1.29 is 19.1 Å². The van der Waals surface area contributed by atoms with E-state index in [-0.39, 0.29) is 23.6 Å². The number of hydrogen-bond acceptors (Lipinski definition) is 6. The number of benzene rings is 2. The van der Waals surface area contributed by atoms with Gasteiger partial charge in [-0.15, -0.1) is 0 Å². The van der Waals surface area contributed by atoms with Crippen molar-refractivity contribution in [2.24, 2.45) is 0 Å². The number of carbonyl (C=O) groups excluding carboxylic acids is 3. The molecule has 0 spiro atoms. The molecule has 2 aromatic carbocycles. The molecule has 28 heavy (non-hydrogen) atoms. The van der Waals surface area contributed by atoms with Crippen molar-refractivity contribution in [3.63, 3.8) is 0 Å². The molecule has 0 unspecified atom stereocenters. The first kappa shape index (κ1) is 17.9. The Kier molecular flexibility index (Phi) is 4.40. The third kappa shape index (κ3) is 3.14. The van der Waals surface area contributed by atoms with Crippen molar-refractivity contribution in [1.29, 1.82) is 0 Å². The van der Waals surface area contributed by atoms with E-state index in [0.29, 0.717) is 15.9 Å². The van der Waals surface area contributed by atoms with Gasteiger partial charge in [-0.3, -0.25) is 24.1 Å². The number of fused-ring (bicyclic) bond motifs is 2. The fraction of sp³-hybridized carbons (Fsp3) is 0.105. The number of rotatable bonds is 4. The number of aromatic nitrogens is 2. The molecule has 0 atom stereocenters. The van der Waals surface area contributed by atoms with Gasteiger partial charge in [0.2, 0.25) is 0 Å². The van der Waals surface area contributed by atoms with E-state index in [1.54, 1.807) is 24.3 Å². The normalized spacial score (nSPS) is 13.1. The Morgan fingerprint density at radius 2 is 1.75 bits per heavy atom. The predicted octanol–water partition coefficient (Wildman–Crippen LogP) is 1.92. The van der Waals surface area contributed by atoms with E-state index >= 15 is 0 Å². The van der Waals surface area contributed by atoms with Gasteiger partial charge in [0, 0.05) is 5.02 Å². The predicted molar refractivity (Wildman–Crippen MR) is 99.0 cm³/mol. The number of esters is 1. The summed E-state index contributed by atoms with van der Waals surface area (Å²) in [5.41, 5.74) is 0.464. The lowest BCUT2D eigenvalue weighted by Crippen LogP contribution is -2.35. The van der Waals surface area contributed by atoms with Crippen molar-refractivity contribution in [3.8, 4) is 0 Å². The fourth-order valence-corrected chi connectivity index (χ4v) is 3.10. The van der Waals surface area contributed by atoms with Gasteiger partial charge in [0.05, 0.1) is 22.0 Å². The number of imide groups is 1. The summed E-state index contributed by atoms with van der Waals surface area (Å²) in [4.78, 5) is 56.2. The van der Waals surface area contributed by atoms with Crippen molar-refractivity contribution in [3.05, 3.63) is 74.8 Å². The summed E-state index contributed by atoms with van der Waals surface area (Å²) < 4.78 is 5.07. The maximum atomic E-state index is 12.3. The molecular weight excluding hydrogens is 386 g/mol. The van der Waals surface area contributed by atoms with Crippen LogP contribution in [-0.2, 0) is 16.1 Å². The average molecular weight is 398 g/mol. The zero-order valence-electron chi connectivity index (χ0n) is 14.3. The van der Waals surface area contributed by atoms with E-state index in [2.05, 4.69) is 9.97 Å². The Bertz CT molecular complexity index is 1170. The first-order valence-electron chi connectivity index (χ1n) is 8.23. The molecule has 0 saturated carbocycles. The lowest BCUT2D eigenvalue weighted by atomic mass is 10.1. The molecule has 3 aromatic rings. The number of halogens is 1. The molecule has 4 rings (SSSR count). The summed E-state index contributed by atoms with van der Waals surface area (Å²) in [6.07, 6.45) is 0. The van der Waals surface area contributed by atoms with Gasteiger partial charge in [0.15, 0.2) is 0 Å². The topological polar surface area (TPSA) is 109 Å². The first-order chi connectivity index (χ1) is 13.4. The molecule has 1 aliphatic rings. The molecule has 1 N–H and O–H groups in total. The van der Waals surface area contributed by atoms with Crippen LogP contribution in [0.2, 0.25) is 5.02 Å². The largest absolute Gasteiger partial charge is 0.456 e. The second kappa shape index (κ2) is 6.90. The Morgan fingerprint density at radius 1 is 1.07 bits per heavy atom. The molecule has 0 saturated heterocycles. The Balaban J connectivity index is 1.46. The van der Waals surface area contributed by atoms with Gasteiger partial charge in [0.25, 0.3) is 17.4 Å². The zero-order chi connectivity index (χ0) is 19.8. The molecule has 1 aromatic heterocycles. The Labute approximate surface area is 162 Å². The van der Waals surface area contributed by atoms with Crippen LogP contribution in [0.4, 0.5) is 0 Å². The van der Waals surface area contributed by atoms with E-state index in [4.69, 9.17) is 16.3 Å². The molecule has 1 aliphatic heterocycles. The summed E-state index contributed by atoms with van der Waals surface area (Å²) >= 11 is 5.90. The third-order valence-electron chi connectivity index (χ3n) is 4.25. The second-order valence-corrected chi connectivity index (χ2v) is 6.51. The van der Waals surface area contributed by atoms with Crippen molar-refractivity contribution in [2.45, 2.75) is 6.61 Å². The van der Waals surface area contributed by atoms with Gasteiger partial charge in [-0.05, 0) is 30.3 Å². The van der Waals surface area contributed by atoms with Gasteiger partial charge in [-0.25, -0.2) is 4.98 Å². The summed E-state index contributed by atoms with van der Waals surface area (Å²) in [5, 5.41) is 0.768. The number of amides is 2. The lowest BCUT2D eigenvalue weighted by molar-refractivity contribution is -0.145. The summed E-state index contributed by atoms with van der Waals surface area (Å²) in [6, 6.07) is 11.0. The number of carbonyl (C=O) groups is 3. The molecule has 0 radical (unpaired) electrons. The van der Waals surface area contributed by atoms with Crippen LogP contribution in [0, 0.1) is 0 Å². The lowest BCUT2D eigenvalue weighted by Gasteiger charge is -2.13. The molecule has 0 fully saturated rings. The van der Waals surface area contributed by atoms with E-state index in [1.807, 2.05) is 0 Å². The van der Waals surface area contributed by atoms with Crippen LogP contribution >= 0.6 is 11.6 Å². The van der Waals surface area contributed by atoms with E-state index in [9.17, 15) is 19.2 Å². The minimum atomic E-state index is -0.802. The van der Waals surface area contributed by atoms with Gasteiger partial charge in [0.1, 0.15) is 19.0 Å². The summed E-state index contributed by atoms with van der Waals surface area (Å²) in [5.74, 6) is -1.78. The monoisotopic (exact) mass is 397 g/mol. The quantitative estimate of drug-likeness (QED) is 0.532. The van der Waals surface area contributed by atoms with Gasteiger partial charge < -0.3 is 9.72 Å². The van der Waals surface area contributed by atoms with Crippen LogP contribution in [-0.4, -0.2) is 39.2 Å². The number of nitrogens with one attached hydrogen (secondary N) is 1. The molecule has 2 heterocycles. The molecule has 0 aliphatic carbocycles. The highest BCUT2D eigenvalue weighted by atomic mass is 35.5. The van der Waals surface area contributed by atoms with Crippen LogP contribution < -0.4 is 5.56 Å². The SMILES string of the molecule is O=C(CN1C(=O)c2ccccc2C1=O)OCc1nc2cc(Cl)ccc2c(=O)[nH]1. The van der Waals surface area contributed by atoms with Crippen molar-refractivity contribution in [1.82, 2.24) is 14.9 Å². The van der Waals surface area contributed by atoms with Crippen LogP contribution in [0.15, 0.2) is 47.3 Å². The first-order valence-corrected chi connectivity index (χ1v) is 8.61. The number of ether oxygens (including phenoxy) is 1. The minimum Gasteiger partial charge on any atom is -0.456 e. The zero-order valence-corrected chi connectivity index (χ0v) is 15.0. The van der Waals surface area contributed by atoms with Crippen LogP contribution in [0.3, 0.4) is 0 Å². The molecule has 2 amide bonds. The standard InChI is InChI=1S/C19H12ClN3O5/c20-10-5-6-13-14(7-10)21-15(22-17(13)25)9-28-16(24)8-23-18(26)11-3-1-2-4-12(11)19(23)27/h1-7H,8-9H2,(H,21,22,25). The maximum Gasteiger partial charge on any atom is 0.326 e. The van der Waals surface area contributed by atoms with Gasteiger partial charge >= 0.3 is 5.97 Å². The maximum absolute atomic E-state index is 12.3. The molecule has 8 nitrogen and oxygen atoms in total. The number of H-pyrrole nitrogens is 1. The summed E-state index contributed by atoms with van der Waals surface area (Å²) in [6.45, 7) is -0.852. The summed E-state index contributed by atoms with van der Waals surface area (Å²) in [7, 11) is 0. The molecule has 0 bridgehead atoms. The number of nitrogens with zero attached hydrogens (tertiary/aromatic N) is 2. The number of hydrogen-bond donors (Lipinski definition) is 1. The van der Waals surface area contributed by atoms with Gasteiger partial charge in [-0.2, -0.15) is 0 Å². The smallest absolute Gasteiger partial charge is 0.326 e.